The van der Waals surface area contributed by atoms with Crippen molar-refractivity contribution in [2.24, 2.45) is 0 Å². The molecule has 0 aliphatic carbocycles. The molecule has 5 rings (SSSR count). The monoisotopic (exact) mass is 564 g/mol. The zero-order valence-electron chi connectivity index (χ0n) is 22.6. The molecule has 2 aliphatic rings. The predicted molar refractivity (Wildman–Crippen MR) is 161 cm³/mol. The van der Waals surface area contributed by atoms with E-state index in [0.29, 0.717) is 16.0 Å². The Morgan fingerprint density at radius 1 is 0.769 bits per heavy atom. The molecule has 2 saturated heterocycles. The maximum atomic E-state index is 11.7. The third kappa shape index (κ3) is 7.76. The quantitative estimate of drug-likeness (QED) is 0.327. The molecule has 0 unspecified atom stereocenters. The van der Waals surface area contributed by atoms with Gasteiger partial charge in [0.1, 0.15) is 0 Å². The number of likely N-dealkylation sites (tertiary alicyclic amines) is 2. The first-order valence-electron chi connectivity index (χ1n) is 14.0. The second kappa shape index (κ2) is 13.2. The second-order valence-corrected chi connectivity index (χ2v) is 11.8. The summed E-state index contributed by atoms with van der Waals surface area (Å²) >= 11 is 12.8. The highest BCUT2D eigenvalue weighted by molar-refractivity contribution is 6.35. The van der Waals surface area contributed by atoms with Crippen LogP contribution in [0.25, 0.3) is 11.1 Å². The fraction of sp³-hybridized carbons (Fsp3) is 0.406. The van der Waals surface area contributed by atoms with Gasteiger partial charge in [0.25, 0.3) is 0 Å². The average molecular weight is 566 g/mol. The maximum Gasteiger partial charge on any atom is 0.314 e. The Labute approximate surface area is 242 Å². The molecule has 0 atom stereocenters. The van der Waals surface area contributed by atoms with E-state index in [4.69, 9.17) is 23.2 Å². The number of rotatable bonds is 7. The van der Waals surface area contributed by atoms with Gasteiger partial charge in [0.15, 0.2) is 0 Å². The van der Waals surface area contributed by atoms with E-state index in [2.05, 4.69) is 69.0 Å². The summed E-state index contributed by atoms with van der Waals surface area (Å²) in [5.41, 5.74) is 6.30. The van der Waals surface area contributed by atoms with Crippen molar-refractivity contribution in [3.8, 4) is 11.1 Å². The van der Waals surface area contributed by atoms with Crippen LogP contribution in [0.3, 0.4) is 0 Å². The number of piperidine rings is 2. The first kappa shape index (κ1) is 28.0. The minimum absolute atomic E-state index is 0.0984. The molecule has 0 aromatic heterocycles. The molecule has 7 heteroatoms. The van der Waals surface area contributed by atoms with Crippen molar-refractivity contribution in [2.75, 3.05) is 33.2 Å². The van der Waals surface area contributed by atoms with E-state index in [1.165, 1.54) is 29.5 Å². The lowest BCUT2D eigenvalue weighted by atomic mass is 9.89. The zero-order valence-corrected chi connectivity index (χ0v) is 24.1. The van der Waals surface area contributed by atoms with Crippen molar-refractivity contribution in [1.82, 2.24) is 20.4 Å². The van der Waals surface area contributed by atoms with E-state index in [1.54, 1.807) is 13.1 Å². The zero-order chi connectivity index (χ0) is 27.2. The number of halogens is 2. The van der Waals surface area contributed by atoms with Crippen molar-refractivity contribution in [2.45, 2.75) is 50.7 Å². The van der Waals surface area contributed by atoms with Crippen LogP contribution in [0.1, 0.15) is 48.3 Å². The van der Waals surface area contributed by atoms with E-state index < -0.39 is 0 Å². The van der Waals surface area contributed by atoms with Crippen LogP contribution in [0.15, 0.2) is 66.7 Å². The average Bonchev–Trinajstić information content (AvgIpc) is 2.94. The van der Waals surface area contributed by atoms with Gasteiger partial charge in [-0.25, -0.2) is 4.79 Å². The SMILES string of the molecule is CNC(=O)NC1CCN(Cc2cc(CN3CCC(c4ccccc4)CC3)cc(-c3cc(Cl)cc(Cl)c3)c2)CC1. The summed E-state index contributed by atoms with van der Waals surface area (Å²) in [5, 5.41) is 7.01. The molecule has 0 spiro atoms. The van der Waals surface area contributed by atoms with Crippen LogP contribution in [-0.4, -0.2) is 55.1 Å². The summed E-state index contributed by atoms with van der Waals surface area (Å²) in [6.45, 7) is 5.96. The lowest BCUT2D eigenvalue weighted by Crippen LogP contribution is -2.46. The number of benzene rings is 3. The Hall–Kier alpha value is -2.57. The lowest BCUT2D eigenvalue weighted by Gasteiger charge is -2.33. The Balaban J connectivity index is 1.29. The summed E-state index contributed by atoms with van der Waals surface area (Å²) in [5.74, 6) is 0.652. The molecule has 2 heterocycles. The molecule has 2 aliphatic heterocycles. The van der Waals surface area contributed by atoms with Crippen molar-refractivity contribution in [3.05, 3.63) is 93.5 Å². The van der Waals surface area contributed by atoms with Gasteiger partial charge >= 0.3 is 6.03 Å². The maximum absolute atomic E-state index is 11.7. The molecule has 0 saturated carbocycles. The fourth-order valence-corrected chi connectivity index (χ4v) is 6.52. The van der Waals surface area contributed by atoms with E-state index in [9.17, 15) is 4.79 Å². The van der Waals surface area contributed by atoms with Gasteiger partial charge in [-0.05, 0) is 103 Å². The van der Waals surface area contributed by atoms with E-state index in [1.807, 2.05) is 12.1 Å². The van der Waals surface area contributed by atoms with Gasteiger partial charge in [-0.3, -0.25) is 9.80 Å². The lowest BCUT2D eigenvalue weighted by molar-refractivity contribution is 0.187. The van der Waals surface area contributed by atoms with E-state index in [0.717, 1.165) is 63.2 Å². The van der Waals surface area contributed by atoms with Crippen molar-refractivity contribution >= 4 is 29.2 Å². The Morgan fingerprint density at radius 2 is 1.31 bits per heavy atom. The molecule has 2 amide bonds. The molecule has 39 heavy (non-hydrogen) atoms. The Bertz CT molecular complexity index is 1230. The summed E-state index contributed by atoms with van der Waals surface area (Å²) in [4.78, 5) is 16.8. The molecule has 0 radical (unpaired) electrons. The Morgan fingerprint density at radius 3 is 1.87 bits per heavy atom. The molecular formula is C32H38Cl2N4O. The van der Waals surface area contributed by atoms with Crippen LogP contribution >= 0.6 is 23.2 Å². The molecular weight excluding hydrogens is 527 g/mol. The highest BCUT2D eigenvalue weighted by Gasteiger charge is 2.23. The van der Waals surface area contributed by atoms with Crippen LogP contribution in [-0.2, 0) is 13.1 Å². The summed E-state index contributed by atoms with van der Waals surface area (Å²) in [6, 6.07) is 23.8. The number of nitrogens with one attached hydrogen (secondary N) is 2. The van der Waals surface area contributed by atoms with E-state index >= 15 is 0 Å². The van der Waals surface area contributed by atoms with Gasteiger partial charge in [0.2, 0.25) is 0 Å². The highest BCUT2D eigenvalue weighted by atomic mass is 35.5. The van der Waals surface area contributed by atoms with Gasteiger partial charge in [-0.2, -0.15) is 0 Å². The van der Waals surface area contributed by atoms with Crippen molar-refractivity contribution in [1.29, 1.82) is 0 Å². The topological polar surface area (TPSA) is 47.6 Å². The smallest absolute Gasteiger partial charge is 0.314 e. The normalized spacial score (nSPS) is 17.7. The third-order valence-corrected chi connectivity index (χ3v) is 8.51. The molecule has 3 aromatic rings. The number of carbonyl (C=O) groups excluding carboxylic acids is 1. The first-order valence-corrected chi connectivity index (χ1v) is 14.8. The van der Waals surface area contributed by atoms with Crippen molar-refractivity contribution in [3.63, 3.8) is 0 Å². The predicted octanol–water partition coefficient (Wildman–Crippen LogP) is 6.93. The van der Waals surface area contributed by atoms with Gasteiger partial charge < -0.3 is 10.6 Å². The summed E-state index contributed by atoms with van der Waals surface area (Å²) in [6.07, 6.45) is 4.31. The molecule has 0 bridgehead atoms. The van der Waals surface area contributed by atoms with Crippen LogP contribution in [0.2, 0.25) is 10.0 Å². The largest absolute Gasteiger partial charge is 0.341 e. The van der Waals surface area contributed by atoms with Gasteiger partial charge in [-0.1, -0.05) is 59.6 Å². The molecule has 5 nitrogen and oxygen atoms in total. The number of nitrogens with zero attached hydrogens (tertiary/aromatic N) is 2. The number of hydrogen-bond donors (Lipinski definition) is 2. The standard InChI is InChI=1S/C32H38Cl2N4O/c1-35-32(39)36-31-9-13-38(14-10-31)22-24-15-23(16-27(17-24)28-18-29(33)20-30(34)19-28)21-37-11-7-26(8-12-37)25-5-3-2-4-6-25/h2-6,15-20,26,31H,7-14,21-22H2,1H3,(H2,35,36,39). The highest BCUT2D eigenvalue weighted by Crippen LogP contribution is 2.32. The van der Waals surface area contributed by atoms with Gasteiger partial charge in [0.05, 0.1) is 0 Å². The van der Waals surface area contributed by atoms with Crippen LogP contribution in [0.5, 0.6) is 0 Å². The van der Waals surface area contributed by atoms with Gasteiger partial charge in [0, 0.05) is 49.3 Å². The first-order chi connectivity index (χ1) is 18.9. The molecule has 3 aromatic carbocycles. The van der Waals surface area contributed by atoms with Crippen LogP contribution in [0, 0.1) is 0 Å². The second-order valence-electron chi connectivity index (χ2n) is 10.9. The molecule has 206 valence electrons. The Kier molecular flexibility index (Phi) is 9.46. The summed E-state index contributed by atoms with van der Waals surface area (Å²) in [7, 11) is 1.66. The van der Waals surface area contributed by atoms with Crippen molar-refractivity contribution < 1.29 is 4.79 Å². The van der Waals surface area contributed by atoms with Crippen LogP contribution < -0.4 is 10.6 Å². The number of urea groups is 1. The summed E-state index contributed by atoms with van der Waals surface area (Å²) < 4.78 is 0. The fourth-order valence-electron chi connectivity index (χ4n) is 5.99. The van der Waals surface area contributed by atoms with Gasteiger partial charge in [-0.15, -0.1) is 0 Å². The molecule has 2 N–H and O–H groups in total. The minimum Gasteiger partial charge on any atom is -0.341 e. The third-order valence-electron chi connectivity index (χ3n) is 8.07. The number of amides is 2. The van der Waals surface area contributed by atoms with Crippen LogP contribution in [0.4, 0.5) is 4.79 Å². The van der Waals surface area contributed by atoms with E-state index in [-0.39, 0.29) is 12.1 Å². The molecule has 2 fully saturated rings. The minimum atomic E-state index is -0.0984. The number of hydrogen-bond acceptors (Lipinski definition) is 3. The number of carbonyl (C=O) groups is 1.